The summed E-state index contributed by atoms with van der Waals surface area (Å²) in [6.07, 6.45) is 0.277. The number of para-hydroxylation sites is 1. The Morgan fingerprint density at radius 3 is 2.61 bits per heavy atom. The van der Waals surface area contributed by atoms with Gasteiger partial charge in [0.25, 0.3) is 0 Å². The molecule has 0 saturated carbocycles. The summed E-state index contributed by atoms with van der Waals surface area (Å²) < 4.78 is 5.61. The average molecular weight is 240 g/mol. The normalized spacial score (nSPS) is 19.1. The molecule has 0 aliphatic carbocycles. The Kier molecular flexibility index (Phi) is 3.03. The topological polar surface area (TPSA) is 29.5 Å². The van der Waals surface area contributed by atoms with Crippen molar-refractivity contribution in [3.8, 4) is 5.75 Å². The van der Waals surface area contributed by atoms with Crippen molar-refractivity contribution in [1.29, 1.82) is 0 Å². The lowest BCUT2D eigenvalue weighted by molar-refractivity contribution is 0.129. The highest BCUT2D eigenvalue weighted by atomic mass is 16.5. The number of benzene rings is 2. The summed E-state index contributed by atoms with van der Waals surface area (Å²) in [5, 5.41) is 10.4. The Balaban J connectivity index is 1.77. The average Bonchev–Trinajstić information content (AvgIpc) is 2.84. The third-order valence-electron chi connectivity index (χ3n) is 3.49. The minimum Gasteiger partial charge on any atom is -0.493 e. The van der Waals surface area contributed by atoms with Gasteiger partial charge in [-0.2, -0.15) is 0 Å². The molecule has 1 aliphatic heterocycles. The Bertz CT molecular complexity index is 522. The first-order valence-electron chi connectivity index (χ1n) is 6.28. The molecule has 2 unspecified atom stereocenters. The van der Waals surface area contributed by atoms with Gasteiger partial charge in [-0.3, -0.25) is 0 Å². The zero-order chi connectivity index (χ0) is 12.4. The van der Waals surface area contributed by atoms with Crippen LogP contribution < -0.4 is 4.74 Å². The van der Waals surface area contributed by atoms with E-state index in [-0.39, 0.29) is 5.92 Å². The van der Waals surface area contributed by atoms with Crippen LogP contribution in [0.5, 0.6) is 5.75 Å². The van der Waals surface area contributed by atoms with E-state index in [1.807, 2.05) is 54.6 Å². The van der Waals surface area contributed by atoms with Crippen molar-refractivity contribution in [2.24, 2.45) is 0 Å². The predicted octanol–water partition coefficient (Wildman–Crippen LogP) is 2.77. The molecule has 0 bridgehead atoms. The van der Waals surface area contributed by atoms with Crippen LogP contribution in [0, 0.1) is 0 Å². The summed E-state index contributed by atoms with van der Waals surface area (Å²) in [5.74, 6) is 0.996. The lowest BCUT2D eigenvalue weighted by atomic mass is 9.91. The maximum absolute atomic E-state index is 10.4. The molecule has 0 amide bonds. The van der Waals surface area contributed by atoms with Gasteiger partial charge < -0.3 is 9.84 Å². The fourth-order valence-electron chi connectivity index (χ4n) is 2.50. The number of aliphatic hydroxyl groups excluding tert-OH is 1. The van der Waals surface area contributed by atoms with Gasteiger partial charge in [-0.15, -0.1) is 0 Å². The van der Waals surface area contributed by atoms with Crippen molar-refractivity contribution >= 4 is 0 Å². The summed E-state index contributed by atoms with van der Waals surface area (Å²) >= 11 is 0. The molecule has 2 heteroatoms. The van der Waals surface area contributed by atoms with Crippen LogP contribution in [0.15, 0.2) is 54.6 Å². The summed E-state index contributed by atoms with van der Waals surface area (Å²) in [6.45, 7) is 0.577. The molecule has 1 heterocycles. The molecular weight excluding hydrogens is 224 g/mol. The van der Waals surface area contributed by atoms with Gasteiger partial charge in [-0.1, -0.05) is 48.5 Å². The summed E-state index contributed by atoms with van der Waals surface area (Å²) in [6, 6.07) is 18.0. The standard InChI is InChI=1S/C16H16O2/c17-15(10-12-6-2-1-3-7-12)14-11-18-16-9-5-4-8-13(14)16/h1-9,14-15,17H,10-11H2. The van der Waals surface area contributed by atoms with Crippen molar-refractivity contribution in [3.63, 3.8) is 0 Å². The van der Waals surface area contributed by atoms with Gasteiger partial charge in [-0.05, 0) is 18.1 Å². The number of rotatable bonds is 3. The van der Waals surface area contributed by atoms with Crippen LogP contribution in [0.1, 0.15) is 17.0 Å². The summed E-state index contributed by atoms with van der Waals surface area (Å²) in [4.78, 5) is 0. The molecule has 0 radical (unpaired) electrons. The number of aliphatic hydroxyl groups is 1. The molecule has 92 valence electrons. The SMILES string of the molecule is OC(Cc1ccccc1)C1COc2ccccc21. The molecule has 0 saturated heterocycles. The first-order valence-corrected chi connectivity index (χ1v) is 6.28. The van der Waals surface area contributed by atoms with Gasteiger partial charge in [-0.25, -0.2) is 0 Å². The van der Waals surface area contributed by atoms with Crippen molar-refractivity contribution in [2.45, 2.75) is 18.4 Å². The van der Waals surface area contributed by atoms with Crippen molar-refractivity contribution in [2.75, 3.05) is 6.61 Å². The predicted molar refractivity (Wildman–Crippen MR) is 70.8 cm³/mol. The van der Waals surface area contributed by atoms with Gasteiger partial charge in [0.05, 0.1) is 12.7 Å². The Morgan fingerprint density at radius 2 is 1.78 bits per heavy atom. The second-order valence-electron chi connectivity index (χ2n) is 4.71. The highest BCUT2D eigenvalue weighted by molar-refractivity contribution is 5.40. The maximum atomic E-state index is 10.4. The number of ether oxygens (including phenoxy) is 1. The van der Waals surface area contributed by atoms with E-state index in [9.17, 15) is 5.11 Å². The second-order valence-corrected chi connectivity index (χ2v) is 4.71. The summed E-state index contributed by atoms with van der Waals surface area (Å²) in [7, 11) is 0. The largest absolute Gasteiger partial charge is 0.493 e. The quantitative estimate of drug-likeness (QED) is 0.894. The fourth-order valence-corrected chi connectivity index (χ4v) is 2.50. The van der Waals surface area contributed by atoms with Gasteiger partial charge in [0.2, 0.25) is 0 Å². The molecule has 3 rings (SSSR count). The van der Waals surface area contributed by atoms with E-state index in [0.717, 1.165) is 16.9 Å². The van der Waals surface area contributed by atoms with E-state index in [2.05, 4.69) is 0 Å². The molecule has 0 fully saturated rings. The van der Waals surface area contributed by atoms with Gasteiger partial charge in [0.15, 0.2) is 0 Å². The highest BCUT2D eigenvalue weighted by Gasteiger charge is 2.29. The van der Waals surface area contributed by atoms with Crippen molar-refractivity contribution in [1.82, 2.24) is 0 Å². The van der Waals surface area contributed by atoms with Crippen LogP contribution in [0.25, 0.3) is 0 Å². The number of fused-ring (bicyclic) bond motifs is 1. The second kappa shape index (κ2) is 4.83. The highest BCUT2D eigenvalue weighted by Crippen LogP contribution is 2.36. The van der Waals surface area contributed by atoms with Gasteiger partial charge in [0, 0.05) is 11.5 Å². The molecule has 0 spiro atoms. The Hall–Kier alpha value is -1.80. The van der Waals surface area contributed by atoms with E-state index in [0.29, 0.717) is 13.0 Å². The minimum absolute atomic E-state index is 0.0846. The molecule has 0 aromatic heterocycles. The Labute approximate surface area is 107 Å². The van der Waals surface area contributed by atoms with Crippen molar-refractivity contribution in [3.05, 3.63) is 65.7 Å². The third-order valence-corrected chi connectivity index (χ3v) is 3.49. The summed E-state index contributed by atoms with van der Waals surface area (Å²) in [5.41, 5.74) is 2.29. The molecule has 2 atom stereocenters. The molecule has 2 nitrogen and oxygen atoms in total. The van der Waals surface area contributed by atoms with Crippen LogP contribution in [0.4, 0.5) is 0 Å². The van der Waals surface area contributed by atoms with Gasteiger partial charge >= 0.3 is 0 Å². The Morgan fingerprint density at radius 1 is 1.06 bits per heavy atom. The van der Waals surface area contributed by atoms with Crippen LogP contribution in [-0.4, -0.2) is 17.8 Å². The monoisotopic (exact) mass is 240 g/mol. The van der Waals surface area contributed by atoms with Gasteiger partial charge in [0.1, 0.15) is 5.75 Å². The number of hydrogen-bond donors (Lipinski definition) is 1. The first kappa shape index (κ1) is 11.3. The zero-order valence-electron chi connectivity index (χ0n) is 10.1. The molecule has 2 aromatic rings. The maximum Gasteiger partial charge on any atom is 0.123 e. The molecule has 2 aromatic carbocycles. The molecule has 1 N–H and O–H groups in total. The van der Waals surface area contributed by atoms with Crippen LogP contribution >= 0.6 is 0 Å². The van der Waals surface area contributed by atoms with E-state index < -0.39 is 6.10 Å². The lowest BCUT2D eigenvalue weighted by Gasteiger charge is -2.17. The molecular formula is C16H16O2. The first-order chi connectivity index (χ1) is 8.84. The van der Waals surface area contributed by atoms with E-state index in [1.54, 1.807) is 0 Å². The number of hydrogen-bond acceptors (Lipinski definition) is 2. The molecule has 1 aliphatic rings. The fraction of sp³-hybridized carbons (Fsp3) is 0.250. The van der Waals surface area contributed by atoms with Crippen LogP contribution in [0.2, 0.25) is 0 Å². The van der Waals surface area contributed by atoms with E-state index >= 15 is 0 Å². The molecule has 18 heavy (non-hydrogen) atoms. The van der Waals surface area contributed by atoms with E-state index in [4.69, 9.17) is 4.74 Å². The zero-order valence-corrected chi connectivity index (χ0v) is 10.1. The minimum atomic E-state index is -0.393. The smallest absolute Gasteiger partial charge is 0.123 e. The van der Waals surface area contributed by atoms with Crippen LogP contribution in [-0.2, 0) is 6.42 Å². The van der Waals surface area contributed by atoms with Crippen LogP contribution in [0.3, 0.4) is 0 Å². The van der Waals surface area contributed by atoms with Crippen molar-refractivity contribution < 1.29 is 9.84 Å². The third kappa shape index (κ3) is 2.12. The van der Waals surface area contributed by atoms with E-state index in [1.165, 1.54) is 0 Å². The lowest BCUT2D eigenvalue weighted by Crippen LogP contribution is -2.22.